The largest absolute Gasteiger partial charge is 0.480 e. The summed E-state index contributed by atoms with van der Waals surface area (Å²) in [5.41, 5.74) is 0.821. The van der Waals surface area contributed by atoms with Crippen LogP contribution in [-0.2, 0) is 4.79 Å². The maximum Gasteiger partial charge on any atom is 0.326 e. The molecule has 1 aromatic rings. The molecule has 2 N–H and O–H groups in total. The van der Waals surface area contributed by atoms with Crippen molar-refractivity contribution >= 4 is 11.9 Å². The fourth-order valence-electron chi connectivity index (χ4n) is 1.81. The number of hydrogen-bond donors (Lipinski definition) is 2. The van der Waals surface area contributed by atoms with Crippen molar-refractivity contribution in [3.05, 3.63) is 36.4 Å². The number of aromatic nitrogens is 2. The molecule has 1 atom stereocenters. The molecule has 21 heavy (non-hydrogen) atoms. The minimum atomic E-state index is -1.04. The minimum absolute atomic E-state index is 0.124. The van der Waals surface area contributed by atoms with Crippen LogP contribution < -0.4 is 5.32 Å². The number of aliphatic carboxylic acids is 1. The first-order valence-electron chi connectivity index (χ1n) is 6.97. The summed E-state index contributed by atoms with van der Waals surface area (Å²) in [6.07, 6.45) is 8.61. The summed E-state index contributed by atoms with van der Waals surface area (Å²) in [4.78, 5) is 31.0. The van der Waals surface area contributed by atoms with Crippen LogP contribution in [0.5, 0.6) is 0 Å². The zero-order valence-corrected chi connectivity index (χ0v) is 12.2. The normalized spacial score (nSPS) is 11.7. The van der Waals surface area contributed by atoms with E-state index in [1.807, 2.05) is 6.08 Å². The Balaban J connectivity index is 2.49. The number of hydrogen-bond acceptors (Lipinski definition) is 4. The molecule has 0 aliphatic rings. The average molecular weight is 291 g/mol. The molecule has 0 aliphatic heterocycles. The van der Waals surface area contributed by atoms with Crippen LogP contribution in [0, 0.1) is 6.92 Å². The molecule has 0 bridgehead atoms. The molecule has 0 aromatic carbocycles. The number of aryl methyl sites for hydroxylation is 1. The second-order valence-electron chi connectivity index (χ2n) is 4.83. The third-order valence-electron chi connectivity index (χ3n) is 3.02. The minimum Gasteiger partial charge on any atom is -0.480 e. The number of carbonyl (C=O) groups is 2. The molecule has 0 radical (unpaired) electrons. The van der Waals surface area contributed by atoms with Crippen molar-refractivity contribution in [1.82, 2.24) is 15.3 Å². The molecule has 0 saturated heterocycles. The lowest BCUT2D eigenvalue weighted by Gasteiger charge is -2.14. The average Bonchev–Trinajstić information content (AvgIpc) is 2.46. The van der Waals surface area contributed by atoms with Gasteiger partial charge in [0.05, 0.1) is 11.9 Å². The molecule has 114 valence electrons. The highest BCUT2D eigenvalue weighted by atomic mass is 16.4. The number of rotatable bonds is 9. The Kier molecular flexibility index (Phi) is 7.08. The Bertz CT molecular complexity index is 485. The van der Waals surface area contributed by atoms with Crippen molar-refractivity contribution in [2.75, 3.05) is 0 Å². The van der Waals surface area contributed by atoms with Crippen molar-refractivity contribution in [3.63, 3.8) is 0 Å². The van der Waals surface area contributed by atoms with Crippen LogP contribution in [0.25, 0.3) is 0 Å². The Morgan fingerprint density at radius 3 is 2.67 bits per heavy atom. The highest BCUT2D eigenvalue weighted by Crippen LogP contribution is 2.07. The van der Waals surface area contributed by atoms with E-state index < -0.39 is 17.9 Å². The zero-order chi connectivity index (χ0) is 15.7. The third-order valence-corrected chi connectivity index (χ3v) is 3.02. The first-order chi connectivity index (χ1) is 10.0. The molecule has 0 aliphatic carbocycles. The molecule has 6 heteroatoms. The maximum absolute atomic E-state index is 11.9. The SMILES string of the molecule is C=CCCCCC[C@H](NC(=O)c1cnc(C)cn1)C(=O)O. The quantitative estimate of drug-likeness (QED) is 0.537. The molecule has 1 amide bonds. The van der Waals surface area contributed by atoms with Crippen LogP contribution in [0.1, 0.15) is 48.3 Å². The van der Waals surface area contributed by atoms with Crippen molar-refractivity contribution < 1.29 is 14.7 Å². The van der Waals surface area contributed by atoms with Gasteiger partial charge in [-0.05, 0) is 26.2 Å². The lowest BCUT2D eigenvalue weighted by atomic mass is 10.1. The summed E-state index contributed by atoms with van der Waals surface area (Å²) in [7, 11) is 0. The lowest BCUT2D eigenvalue weighted by Crippen LogP contribution is -2.41. The molecule has 6 nitrogen and oxygen atoms in total. The van der Waals surface area contributed by atoms with Gasteiger partial charge < -0.3 is 10.4 Å². The molecule has 1 aromatic heterocycles. The van der Waals surface area contributed by atoms with Gasteiger partial charge in [-0.25, -0.2) is 9.78 Å². The summed E-state index contributed by atoms with van der Waals surface area (Å²) in [5, 5.41) is 11.6. The predicted octanol–water partition coefficient (Wildman–Crippen LogP) is 2.10. The summed E-state index contributed by atoms with van der Waals surface area (Å²) in [5.74, 6) is -1.55. The van der Waals surface area contributed by atoms with E-state index in [1.54, 1.807) is 6.92 Å². The summed E-state index contributed by atoms with van der Waals surface area (Å²) in [6, 6.07) is -0.899. The van der Waals surface area contributed by atoms with E-state index in [9.17, 15) is 9.59 Å². The van der Waals surface area contributed by atoms with Gasteiger partial charge in [0.2, 0.25) is 0 Å². The van der Waals surface area contributed by atoms with E-state index in [2.05, 4.69) is 21.9 Å². The van der Waals surface area contributed by atoms with E-state index in [0.717, 1.165) is 25.7 Å². The van der Waals surface area contributed by atoms with Crippen molar-refractivity contribution in [2.45, 2.75) is 45.1 Å². The number of nitrogens with one attached hydrogen (secondary N) is 1. The number of unbranched alkanes of at least 4 members (excludes halogenated alkanes) is 3. The number of nitrogens with zero attached hydrogens (tertiary/aromatic N) is 2. The van der Waals surface area contributed by atoms with Crippen LogP contribution in [0.2, 0.25) is 0 Å². The fraction of sp³-hybridized carbons (Fsp3) is 0.467. The lowest BCUT2D eigenvalue weighted by molar-refractivity contribution is -0.139. The Morgan fingerprint density at radius 2 is 2.10 bits per heavy atom. The van der Waals surface area contributed by atoms with E-state index in [1.165, 1.54) is 12.4 Å². The standard InChI is InChI=1S/C15H21N3O3/c1-3-4-5-6-7-8-12(15(20)21)18-14(19)13-10-16-11(2)9-17-13/h3,9-10,12H,1,4-8H2,2H3,(H,18,19)(H,20,21)/t12-/m0/s1. The smallest absolute Gasteiger partial charge is 0.326 e. The number of amides is 1. The molecular formula is C15H21N3O3. The van der Waals surface area contributed by atoms with Gasteiger partial charge in [-0.15, -0.1) is 6.58 Å². The summed E-state index contributed by atoms with van der Waals surface area (Å²) < 4.78 is 0. The molecule has 0 saturated carbocycles. The number of carboxylic acid groups (broad SMARTS) is 1. The molecular weight excluding hydrogens is 270 g/mol. The first kappa shape index (κ1) is 16.8. The fourth-order valence-corrected chi connectivity index (χ4v) is 1.81. The van der Waals surface area contributed by atoms with Gasteiger partial charge in [0.15, 0.2) is 0 Å². The summed E-state index contributed by atoms with van der Waals surface area (Å²) in [6.45, 7) is 5.40. The predicted molar refractivity (Wildman–Crippen MR) is 78.9 cm³/mol. The van der Waals surface area contributed by atoms with Gasteiger partial charge in [0.1, 0.15) is 11.7 Å². The van der Waals surface area contributed by atoms with Gasteiger partial charge in [-0.1, -0.05) is 18.9 Å². The Labute approximate surface area is 124 Å². The maximum atomic E-state index is 11.9. The second kappa shape index (κ2) is 8.84. The van der Waals surface area contributed by atoms with E-state index in [4.69, 9.17) is 5.11 Å². The van der Waals surface area contributed by atoms with Crippen LogP contribution in [0.15, 0.2) is 25.0 Å². The van der Waals surface area contributed by atoms with Gasteiger partial charge in [-0.2, -0.15) is 0 Å². The van der Waals surface area contributed by atoms with Crippen molar-refractivity contribution in [1.29, 1.82) is 0 Å². The van der Waals surface area contributed by atoms with Gasteiger partial charge in [-0.3, -0.25) is 9.78 Å². The monoisotopic (exact) mass is 291 g/mol. The van der Waals surface area contributed by atoms with Crippen molar-refractivity contribution in [3.8, 4) is 0 Å². The Morgan fingerprint density at radius 1 is 1.33 bits per heavy atom. The van der Waals surface area contributed by atoms with E-state index in [0.29, 0.717) is 12.1 Å². The molecule has 1 heterocycles. The van der Waals surface area contributed by atoms with Gasteiger partial charge in [0, 0.05) is 6.20 Å². The number of carboxylic acids is 1. The van der Waals surface area contributed by atoms with Crippen LogP contribution in [0.4, 0.5) is 0 Å². The summed E-state index contributed by atoms with van der Waals surface area (Å²) >= 11 is 0. The zero-order valence-electron chi connectivity index (χ0n) is 12.2. The Hall–Kier alpha value is -2.24. The van der Waals surface area contributed by atoms with E-state index >= 15 is 0 Å². The highest BCUT2D eigenvalue weighted by molar-refractivity contribution is 5.94. The molecule has 0 fully saturated rings. The third kappa shape index (κ3) is 6.16. The molecule has 1 rings (SSSR count). The number of allylic oxidation sites excluding steroid dienone is 1. The van der Waals surface area contributed by atoms with Gasteiger partial charge >= 0.3 is 5.97 Å². The number of carbonyl (C=O) groups excluding carboxylic acids is 1. The van der Waals surface area contributed by atoms with Crippen LogP contribution in [-0.4, -0.2) is 33.0 Å². The van der Waals surface area contributed by atoms with Gasteiger partial charge in [0.25, 0.3) is 5.91 Å². The highest BCUT2D eigenvalue weighted by Gasteiger charge is 2.20. The first-order valence-corrected chi connectivity index (χ1v) is 6.97. The van der Waals surface area contributed by atoms with Crippen molar-refractivity contribution in [2.24, 2.45) is 0 Å². The topological polar surface area (TPSA) is 92.2 Å². The van der Waals surface area contributed by atoms with E-state index in [-0.39, 0.29) is 5.69 Å². The molecule has 0 unspecified atom stereocenters. The second-order valence-corrected chi connectivity index (χ2v) is 4.83. The molecule has 0 spiro atoms. The van der Waals surface area contributed by atoms with Crippen LogP contribution in [0.3, 0.4) is 0 Å². The van der Waals surface area contributed by atoms with Crippen LogP contribution >= 0.6 is 0 Å².